The standard InChI is InChI=1S/C14H13F3N2O5/c1-7-8(19-12(24-7)10-3-2-4-23-10)5-11(20)18-9(13(21)22)6-14(15,16)17/h2-4,9H,5-6H2,1H3,(H,18,20)(H,21,22). The minimum absolute atomic E-state index is 0.116. The summed E-state index contributed by atoms with van der Waals surface area (Å²) in [6, 6.07) is 1.13. The number of amides is 1. The summed E-state index contributed by atoms with van der Waals surface area (Å²) >= 11 is 0. The number of carbonyl (C=O) groups is 2. The molecule has 0 aromatic carbocycles. The summed E-state index contributed by atoms with van der Waals surface area (Å²) in [5.41, 5.74) is 0.176. The molecular formula is C14H13F3N2O5. The van der Waals surface area contributed by atoms with Crippen molar-refractivity contribution in [2.75, 3.05) is 0 Å². The van der Waals surface area contributed by atoms with Crippen molar-refractivity contribution in [1.29, 1.82) is 0 Å². The maximum Gasteiger partial charge on any atom is 0.391 e. The van der Waals surface area contributed by atoms with E-state index in [1.807, 2.05) is 5.32 Å². The quantitative estimate of drug-likeness (QED) is 0.831. The van der Waals surface area contributed by atoms with E-state index in [0.29, 0.717) is 5.76 Å². The van der Waals surface area contributed by atoms with Gasteiger partial charge in [-0.1, -0.05) is 0 Å². The van der Waals surface area contributed by atoms with Gasteiger partial charge in [-0.25, -0.2) is 9.78 Å². The molecule has 1 amide bonds. The maximum atomic E-state index is 12.3. The summed E-state index contributed by atoms with van der Waals surface area (Å²) in [4.78, 5) is 26.7. The molecule has 2 aromatic rings. The summed E-state index contributed by atoms with van der Waals surface area (Å²) in [5.74, 6) is -1.96. The average Bonchev–Trinajstić information content (AvgIpc) is 3.07. The molecule has 2 rings (SSSR count). The van der Waals surface area contributed by atoms with E-state index < -0.39 is 36.9 Å². The number of aromatic nitrogens is 1. The minimum Gasteiger partial charge on any atom is -0.480 e. The highest BCUT2D eigenvalue weighted by atomic mass is 19.4. The number of halogens is 3. The number of rotatable bonds is 6. The lowest BCUT2D eigenvalue weighted by atomic mass is 10.2. The largest absolute Gasteiger partial charge is 0.480 e. The molecule has 10 heteroatoms. The van der Waals surface area contributed by atoms with Crippen LogP contribution >= 0.6 is 0 Å². The second-order valence-corrected chi connectivity index (χ2v) is 4.95. The number of nitrogens with zero attached hydrogens (tertiary/aromatic N) is 1. The highest BCUT2D eigenvalue weighted by Gasteiger charge is 2.36. The van der Waals surface area contributed by atoms with E-state index in [4.69, 9.17) is 13.9 Å². The first kappa shape index (κ1) is 17.6. The highest BCUT2D eigenvalue weighted by Crippen LogP contribution is 2.23. The molecule has 0 saturated carbocycles. The van der Waals surface area contributed by atoms with Crippen molar-refractivity contribution < 1.29 is 36.7 Å². The number of carboxylic acid groups (broad SMARTS) is 1. The fraction of sp³-hybridized carbons (Fsp3) is 0.357. The second-order valence-electron chi connectivity index (χ2n) is 4.95. The predicted molar refractivity (Wildman–Crippen MR) is 72.9 cm³/mol. The third-order valence-corrected chi connectivity index (χ3v) is 3.02. The molecule has 0 saturated heterocycles. The predicted octanol–water partition coefficient (Wildman–Crippen LogP) is 2.31. The van der Waals surface area contributed by atoms with Gasteiger partial charge in [-0.2, -0.15) is 13.2 Å². The Balaban J connectivity index is 2.05. The summed E-state index contributed by atoms with van der Waals surface area (Å²) in [6.07, 6.45) is -5.40. The number of furan rings is 1. The maximum absolute atomic E-state index is 12.3. The van der Waals surface area contributed by atoms with Gasteiger partial charge in [-0.3, -0.25) is 4.79 Å². The third kappa shape index (κ3) is 4.61. The zero-order chi connectivity index (χ0) is 17.9. The van der Waals surface area contributed by atoms with Crippen molar-refractivity contribution >= 4 is 11.9 Å². The Labute approximate surface area is 133 Å². The van der Waals surface area contributed by atoms with Crippen LogP contribution in [0.3, 0.4) is 0 Å². The number of aryl methyl sites for hydroxylation is 1. The third-order valence-electron chi connectivity index (χ3n) is 3.02. The molecule has 0 aliphatic rings. The lowest BCUT2D eigenvalue weighted by Crippen LogP contribution is -2.44. The lowest BCUT2D eigenvalue weighted by Gasteiger charge is -2.15. The van der Waals surface area contributed by atoms with Crippen LogP contribution < -0.4 is 5.32 Å². The Morgan fingerprint density at radius 1 is 1.42 bits per heavy atom. The summed E-state index contributed by atoms with van der Waals surface area (Å²) < 4.78 is 47.3. The van der Waals surface area contributed by atoms with Gasteiger partial charge in [-0.05, 0) is 19.1 Å². The Hall–Kier alpha value is -2.78. The molecule has 0 radical (unpaired) electrons. The van der Waals surface area contributed by atoms with E-state index in [9.17, 15) is 22.8 Å². The van der Waals surface area contributed by atoms with Crippen LogP contribution in [0.1, 0.15) is 17.9 Å². The Morgan fingerprint density at radius 2 is 2.12 bits per heavy atom. The zero-order valence-corrected chi connectivity index (χ0v) is 12.4. The molecular weight excluding hydrogens is 333 g/mol. The fourth-order valence-electron chi connectivity index (χ4n) is 1.93. The number of alkyl halides is 3. The molecule has 0 aliphatic heterocycles. The monoisotopic (exact) mass is 346 g/mol. The number of oxazole rings is 1. The second kappa shape index (κ2) is 6.77. The Morgan fingerprint density at radius 3 is 2.67 bits per heavy atom. The molecule has 2 N–H and O–H groups in total. The minimum atomic E-state index is -4.72. The molecule has 130 valence electrons. The van der Waals surface area contributed by atoms with Gasteiger partial charge in [0.15, 0.2) is 5.76 Å². The average molecular weight is 346 g/mol. The highest BCUT2D eigenvalue weighted by molar-refractivity contribution is 5.84. The Bertz CT molecular complexity index is 721. The molecule has 1 atom stereocenters. The summed E-state index contributed by atoms with van der Waals surface area (Å²) in [6.45, 7) is 1.52. The SMILES string of the molecule is Cc1oc(-c2ccco2)nc1CC(=O)NC(CC(F)(F)F)C(=O)O. The zero-order valence-electron chi connectivity index (χ0n) is 12.4. The molecule has 0 spiro atoms. The van der Waals surface area contributed by atoms with Gasteiger partial charge >= 0.3 is 12.1 Å². The van der Waals surface area contributed by atoms with E-state index in [1.165, 1.54) is 13.2 Å². The number of hydrogen-bond acceptors (Lipinski definition) is 5. The van der Waals surface area contributed by atoms with Crippen molar-refractivity contribution in [3.63, 3.8) is 0 Å². The van der Waals surface area contributed by atoms with Gasteiger partial charge in [0, 0.05) is 0 Å². The lowest BCUT2D eigenvalue weighted by molar-refractivity contribution is -0.159. The molecule has 1 unspecified atom stereocenters. The number of hydrogen-bond donors (Lipinski definition) is 2. The van der Waals surface area contributed by atoms with Gasteiger partial charge in [-0.15, -0.1) is 0 Å². The topological polar surface area (TPSA) is 106 Å². The number of carboxylic acids is 1. The van der Waals surface area contributed by atoms with Crippen molar-refractivity contribution in [3.8, 4) is 11.7 Å². The van der Waals surface area contributed by atoms with Crippen molar-refractivity contribution in [1.82, 2.24) is 10.3 Å². The van der Waals surface area contributed by atoms with Crippen LogP contribution in [0, 0.1) is 6.92 Å². The smallest absolute Gasteiger partial charge is 0.391 e. The van der Waals surface area contributed by atoms with Gasteiger partial charge in [0.2, 0.25) is 5.91 Å². The van der Waals surface area contributed by atoms with Crippen LogP contribution in [-0.2, 0) is 16.0 Å². The summed E-state index contributed by atoms with van der Waals surface area (Å²) in [7, 11) is 0. The van der Waals surface area contributed by atoms with E-state index >= 15 is 0 Å². The van der Waals surface area contributed by atoms with Crippen LogP contribution in [0.25, 0.3) is 11.7 Å². The van der Waals surface area contributed by atoms with E-state index in [2.05, 4.69) is 4.98 Å². The van der Waals surface area contributed by atoms with Crippen LogP contribution in [0.4, 0.5) is 13.2 Å². The normalized spacial score (nSPS) is 12.8. The Kier molecular flexibility index (Phi) is 4.96. The van der Waals surface area contributed by atoms with Crippen molar-refractivity contribution in [3.05, 3.63) is 29.9 Å². The number of nitrogens with one attached hydrogen (secondary N) is 1. The van der Waals surface area contributed by atoms with E-state index in [1.54, 1.807) is 12.1 Å². The van der Waals surface area contributed by atoms with Crippen molar-refractivity contribution in [2.45, 2.75) is 32.0 Å². The van der Waals surface area contributed by atoms with Gasteiger partial charge < -0.3 is 19.3 Å². The fourth-order valence-corrected chi connectivity index (χ4v) is 1.93. The molecule has 24 heavy (non-hydrogen) atoms. The first-order chi connectivity index (χ1) is 11.2. The van der Waals surface area contributed by atoms with Gasteiger partial charge in [0.05, 0.1) is 24.8 Å². The molecule has 0 aliphatic carbocycles. The van der Waals surface area contributed by atoms with E-state index in [-0.39, 0.29) is 17.3 Å². The first-order valence-corrected chi connectivity index (χ1v) is 6.75. The molecule has 0 bridgehead atoms. The summed E-state index contributed by atoms with van der Waals surface area (Å²) in [5, 5.41) is 10.6. The number of carbonyl (C=O) groups excluding carboxylic acids is 1. The van der Waals surface area contributed by atoms with Crippen LogP contribution in [0.5, 0.6) is 0 Å². The van der Waals surface area contributed by atoms with Gasteiger partial charge in [0.1, 0.15) is 11.8 Å². The van der Waals surface area contributed by atoms with Crippen LogP contribution in [-0.4, -0.2) is 34.2 Å². The first-order valence-electron chi connectivity index (χ1n) is 6.75. The van der Waals surface area contributed by atoms with Crippen LogP contribution in [0.15, 0.2) is 27.2 Å². The van der Waals surface area contributed by atoms with Gasteiger partial charge in [0.25, 0.3) is 5.89 Å². The molecule has 7 nitrogen and oxygen atoms in total. The van der Waals surface area contributed by atoms with Crippen molar-refractivity contribution in [2.24, 2.45) is 0 Å². The number of aliphatic carboxylic acids is 1. The van der Waals surface area contributed by atoms with Crippen LogP contribution in [0.2, 0.25) is 0 Å². The molecule has 2 heterocycles. The van der Waals surface area contributed by atoms with E-state index in [0.717, 1.165) is 0 Å². The molecule has 0 fully saturated rings. The molecule has 2 aromatic heterocycles.